The van der Waals surface area contributed by atoms with Crippen molar-refractivity contribution in [2.75, 3.05) is 33.7 Å². The summed E-state index contributed by atoms with van der Waals surface area (Å²) in [5.41, 5.74) is 0. The second-order valence-electron chi connectivity index (χ2n) is 4.08. The van der Waals surface area contributed by atoms with E-state index in [0.29, 0.717) is 18.7 Å². The Morgan fingerprint density at radius 3 is 2.57 bits per heavy atom. The van der Waals surface area contributed by atoms with Crippen LogP contribution < -0.4 is 0 Å². The summed E-state index contributed by atoms with van der Waals surface area (Å²) in [4.78, 5) is 25.0. The molecule has 0 saturated carbocycles. The van der Waals surface area contributed by atoms with Crippen molar-refractivity contribution < 1.29 is 9.59 Å². The molecule has 0 spiro atoms. The van der Waals surface area contributed by atoms with Crippen molar-refractivity contribution in [2.24, 2.45) is 5.92 Å². The van der Waals surface area contributed by atoms with Crippen molar-refractivity contribution in [2.45, 2.75) is 12.8 Å². The number of likely N-dealkylation sites (tertiary alicyclic amines) is 1. The van der Waals surface area contributed by atoms with Gasteiger partial charge in [-0.2, -0.15) is 0 Å². The minimum atomic E-state index is -0.413. The number of piperidine rings is 1. The fraction of sp³-hybridized carbons (Fsp3) is 0.800. The molecule has 1 rings (SSSR count). The zero-order valence-electron chi connectivity index (χ0n) is 8.90. The number of amides is 1. The minimum Gasteiger partial charge on any atom is -0.339 e. The van der Waals surface area contributed by atoms with Gasteiger partial charge >= 0.3 is 0 Å². The van der Waals surface area contributed by atoms with E-state index >= 15 is 0 Å². The lowest BCUT2D eigenvalue weighted by Gasteiger charge is -2.31. The summed E-state index contributed by atoms with van der Waals surface area (Å²) in [5.74, 6) is 0.143. The van der Waals surface area contributed by atoms with Crippen LogP contribution in [0.1, 0.15) is 12.8 Å². The lowest BCUT2D eigenvalue weighted by atomic mass is 9.97. The predicted molar refractivity (Wildman–Crippen MR) is 53.9 cm³/mol. The van der Waals surface area contributed by atoms with E-state index in [1.165, 1.54) is 4.90 Å². The van der Waals surface area contributed by atoms with Crippen LogP contribution in [-0.4, -0.2) is 55.7 Å². The Morgan fingerprint density at radius 1 is 1.50 bits per heavy atom. The zero-order valence-corrected chi connectivity index (χ0v) is 8.90. The third-order valence-electron chi connectivity index (χ3n) is 2.85. The van der Waals surface area contributed by atoms with Crippen molar-refractivity contribution in [3.8, 4) is 0 Å². The number of carbonyl (C=O) groups is 2. The molecule has 1 aliphatic rings. The molecule has 14 heavy (non-hydrogen) atoms. The van der Waals surface area contributed by atoms with Gasteiger partial charge in [0.2, 0.25) is 6.29 Å². The highest BCUT2D eigenvalue weighted by Crippen LogP contribution is 2.16. The molecule has 0 aliphatic carbocycles. The Kier molecular flexibility index (Phi) is 4.07. The molecule has 1 heterocycles. The van der Waals surface area contributed by atoms with Crippen LogP contribution in [0.4, 0.5) is 0 Å². The Labute approximate surface area is 84.9 Å². The minimum absolute atomic E-state index is 0.384. The Bertz CT molecular complexity index is 210. The first-order chi connectivity index (χ1) is 6.63. The highest BCUT2D eigenvalue weighted by Gasteiger charge is 2.19. The number of rotatable bonds is 3. The van der Waals surface area contributed by atoms with E-state index in [-0.39, 0.29) is 0 Å². The van der Waals surface area contributed by atoms with E-state index in [1.807, 2.05) is 0 Å². The molecule has 0 aromatic carbocycles. The van der Waals surface area contributed by atoms with Gasteiger partial charge in [-0.05, 0) is 38.9 Å². The largest absolute Gasteiger partial charge is 0.339 e. The fourth-order valence-corrected chi connectivity index (χ4v) is 1.81. The van der Waals surface area contributed by atoms with Gasteiger partial charge in [0.05, 0.1) is 0 Å². The van der Waals surface area contributed by atoms with Crippen LogP contribution in [0.5, 0.6) is 0 Å². The third-order valence-corrected chi connectivity index (χ3v) is 2.85. The van der Waals surface area contributed by atoms with Crippen LogP contribution in [0.2, 0.25) is 0 Å². The van der Waals surface area contributed by atoms with Gasteiger partial charge in [0.15, 0.2) is 0 Å². The second-order valence-corrected chi connectivity index (χ2v) is 4.08. The van der Waals surface area contributed by atoms with Crippen LogP contribution in [0, 0.1) is 5.92 Å². The summed E-state index contributed by atoms with van der Waals surface area (Å²) in [6, 6.07) is 0. The lowest BCUT2D eigenvalue weighted by molar-refractivity contribution is -0.138. The molecule has 4 heteroatoms. The van der Waals surface area contributed by atoms with Crippen LogP contribution in [0.3, 0.4) is 0 Å². The van der Waals surface area contributed by atoms with Gasteiger partial charge in [-0.3, -0.25) is 9.59 Å². The van der Waals surface area contributed by atoms with Crippen molar-refractivity contribution in [1.82, 2.24) is 9.80 Å². The lowest BCUT2D eigenvalue weighted by Crippen LogP contribution is -2.38. The molecule has 80 valence electrons. The van der Waals surface area contributed by atoms with Crippen LogP contribution in [0.15, 0.2) is 0 Å². The summed E-state index contributed by atoms with van der Waals surface area (Å²) in [6.07, 6.45) is 2.62. The van der Waals surface area contributed by atoms with E-state index in [0.717, 1.165) is 25.9 Å². The first-order valence-electron chi connectivity index (χ1n) is 5.02. The quantitative estimate of drug-likeness (QED) is 0.473. The molecule has 0 atom stereocenters. The maximum Gasteiger partial charge on any atom is 0.286 e. The van der Waals surface area contributed by atoms with E-state index in [4.69, 9.17) is 0 Å². The van der Waals surface area contributed by atoms with Crippen LogP contribution in [0.25, 0.3) is 0 Å². The number of hydrogen-bond acceptors (Lipinski definition) is 3. The predicted octanol–water partition coefficient (Wildman–Crippen LogP) is -0.0145. The van der Waals surface area contributed by atoms with Gasteiger partial charge in [-0.25, -0.2) is 0 Å². The van der Waals surface area contributed by atoms with Crippen molar-refractivity contribution >= 4 is 12.2 Å². The topological polar surface area (TPSA) is 40.6 Å². The van der Waals surface area contributed by atoms with Gasteiger partial charge < -0.3 is 9.80 Å². The summed E-state index contributed by atoms with van der Waals surface area (Å²) >= 11 is 0. The number of carbonyl (C=O) groups excluding carboxylic acids is 2. The van der Waals surface area contributed by atoms with Gasteiger partial charge in [-0.1, -0.05) is 0 Å². The van der Waals surface area contributed by atoms with Gasteiger partial charge in [0, 0.05) is 13.6 Å². The monoisotopic (exact) mass is 198 g/mol. The zero-order chi connectivity index (χ0) is 10.6. The standard InChI is InChI=1S/C10H18N2O2/c1-11-5-3-9(4-6-11)7-12(2)10(14)8-13/h8-9H,3-7H2,1-2H3. The Balaban J connectivity index is 2.30. The molecule has 0 N–H and O–H groups in total. The fourth-order valence-electron chi connectivity index (χ4n) is 1.81. The normalized spacial score (nSPS) is 19.3. The highest BCUT2D eigenvalue weighted by molar-refractivity contribution is 6.23. The maximum atomic E-state index is 11.0. The number of likely N-dealkylation sites (N-methyl/N-ethyl adjacent to an activating group) is 1. The molecule has 1 aliphatic heterocycles. The second kappa shape index (κ2) is 5.10. The van der Waals surface area contributed by atoms with E-state index < -0.39 is 5.91 Å². The average Bonchev–Trinajstić information content (AvgIpc) is 2.20. The van der Waals surface area contributed by atoms with E-state index in [1.54, 1.807) is 7.05 Å². The molecule has 0 bridgehead atoms. The van der Waals surface area contributed by atoms with Crippen LogP contribution >= 0.6 is 0 Å². The molecular weight excluding hydrogens is 180 g/mol. The number of aldehydes is 1. The smallest absolute Gasteiger partial charge is 0.286 e. The molecule has 4 nitrogen and oxygen atoms in total. The molecule has 0 unspecified atom stereocenters. The molecule has 0 aromatic rings. The van der Waals surface area contributed by atoms with E-state index in [9.17, 15) is 9.59 Å². The summed E-state index contributed by atoms with van der Waals surface area (Å²) in [6.45, 7) is 2.90. The molecule has 1 saturated heterocycles. The SMILES string of the molecule is CN1CCC(CN(C)C(=O)C=O)CC1. The van der Waals surface area contributed by atoms with Crippen LogP contribution in [-0.2, 0) is 9.59 Å². The number of nitrogens with zero attached hydrogens (tertiary/aromatic N) is 2. The number of hydrogen-bond donors (Lipinski definition) is 0. The van der Waals surface area contributed by atoms with Crippen molar-refractivity contribution in [1.29, 1.82) is 0 Å². The molecule has 1 fully saturated rings. The maximum absolute atomic E-state index is 11.0. The first-order valence-corrected chi connectivity index (χ1v) is 5.02. The summed E-state index contributed by atoms with van der Waals surface area (Å²) < 4.78 is 0. The molecular formula is C10H18N2O2. The van der Waals surface area contributed by atoms with Gasteiger partial charge in [0.1, 0.15) is 0 Å². The van der Waals surface area contributed by atoms with Gasteiger partial charge in [-0.15, -0.1) is 0 Å². The highest BCUT2D eigenvalue weighted by atomic mass is 16.2. The summed E-state index contributed by atoms with van der Waals surface area (Å²) in [7, 11) is 3.80. The van der Waals surface area contributed by atoms with Crippen molar-refractivity contribution in [3.63, 3.8) is 0 Å². The van der Waals surface area contributed by atoms with Gasteiger partial charge in [0.25, 0.3) is 5.91 Å². The molecule has 1 amide bonds. The van der Waals surface area contributed by atoms with Crippen molar-refractivity contribution in [3.05, 3.63) is 0 Å². The van der Waals surface area contributed by atoms with E-state index in [2.05, 4.69) is 11.9 Å². The molecule has 0 aromatic heterocycles. The molecule has 0 radical (unpaired) electrons. The Hall–Kier alpha value is -0.900. The Morgan fingerprint density at radius 2 is 2.07 bits per heavy atom. The third kappa shape index (κ3) is 3.10. The first kappa shape index (κ1) is 11.2. The average molecular weight is 198 g/mol. The summed E-state index contributed by atoms with van der Waals surface area (Å²) in [5, 5.41) is 0.